The Kier molecular flexibility index (Phi) is 5.16. The van der Waals surface area contributed by atoms with E-state index in [0.29, 0.717) is 0 Å². The number of carbonyl (C=O) groups excluding carboxylic acids is 1. The maximum absolute atomic E-state index is 11.9. The normalized spacial score (nSPS) is 16.2. The van der Waals surface area contributed by atoms with E-state index in [4.69, 9.17) is 4.74 Å². The first kappa shape index (κ1) is 16.2. The van der Waals surface area contributed by atoms with E-state index in [2.05, 4.69) is 15.1 Å². The number of amides is 1. The molecule has 1 aromatic heterocycles. The van der Waals surface area contributed by atoms with E-state index in [-0.39, 0.29) is 18.2 Å². The molecule has 0 N–H and O–H groups in total. The van der Waals surface area contributed by atoms with Gasteiger partial charge in [0.2, 0.25) is 0 Å². The van der Waals surface area contributed by atoms with Crippen LogP contribution in [-0.4, -0.2) is 51.8 Å². The molecule has 1 aromatic rings. The van der Waals surface area contributed by atoms with Gasteiger partial charge in [-0.15, -0.1) is 10.2 Å². The van der Waals surface area contributed by atoms with Crippen molar-refractivity contribution in [3.63, 3.8) is 0 Å². The van der Waals surface area contributed by atoms with Gasteiger partial charge in [-0.1, -0.05) is 11.3 Å². The molecule has 1 saturated heterocycles. The molecule has 21 heavy (non-hydrogen) atoms. The van der Waals surface area contributed by atoms with E-state index in [0.717, 1.165) is 29.6 Å². The number of carbonyl (C=O) groups is 1. The second-order valence-corrected chi connectivity index (χ2v) is 7.50. The molecule has 0 atom stereocenters. The van der Waals surface area contributed by atoms with Gasteiger partial charge < -0.3 is 9.64 Å². The maximum atomic E-state index is 11.9. The van der Waals surface area contributed by atoms with Crippen molar-refractivity contribution in [2.24, 2.45) is 0 Å². The quantitative estimate of drug-likeness (QED) is 0.855. The zero-order valence-electron chi connectivity index (χ0n) is 13.3. The van der Waals surface area contributed by atoms with E-state index >= 15 is 0 Å². The molecule has 0 aromatic carbocycles. The summed E-state index contributed by atoms with van der Waals surface area (Å²) >= 11 is 1.52. The van der Waals surface area contributed by atoms with Crippen LogP contribution in [0.5, 0.6) is 0 Å². The van der Waals surface area contributed by atoms with Crippen molar-refractivity contribution in [1.29, 1.82) is 0 Å². The monoisotopic (exact) mass is 312 g/mol. The smallest absolute Gasteiger partial charge is 0.410 e. The van der Waals surface area contributed by atoms with Crippen LogP contribution in [0.4, 0.5) is 4.79 Å². The molecule has 6 nitrogen and oxygen atoms in total. The number of hydrogen-bond acceptors (Lipinski definition) is 6. The van der Waals surface area contributed by atoms with Gasteiger partial charge in [0.1, 0.15) is 11.6 Å². The summed E-state index contributed by atoms with van der Waals surface area (Å²) in [5.41, 5.74) is -0.251. The van der Waals surface area contributed by atoms with Gasteiger partial charge in [0, 0.05) is 12.6 Å². The minimum Gasteiger partial charge on any atom is -0.442 e. The summed E-state index contributed by atoms with van der Waals surface area (Å²) in [7, 11) is 1.74. The Labute approximate surface area is 130 Å². The maximum Gasteiger partial charge on any atom is 0.410 e. The van der Waals surface area contributed by atoms with Crippen molar-refractivity contribution in [2.75, 3.05) is 20.1 Å². The van der Waals surface area contributed by atoms with Crippen LogP contribution in [0.25, 0.3) is 0 Å². The minimum absolute atomic E-state index is 0.191. The minimum atomic E-state index is -0.334. The van der Waals surface area contributed by atoms with Crippen LogP contribution in [0, 0.1) is 0 Å². The van der Waals surface area contributed by atoms with Gasteiger partial charge in [0.25, 0.3) is 0 Å². The highest BCUT2D eigenvalue weighted by Gasteiger charge is 2.24. The van der Waals surface area contributed by atoms with Crippen molar-refractivity contribution in [3.8, 4) is 0 Å². The average Bonchev–Trinajstić information content (AvgIpc) is 3.06. The topological polar surface area (TPSA) is 58.6 Å². The van der Waals surface area contributed by atoms with E-state index in [1.165, 1.54) is 24.2 Å². The number of hydrogen-bond donors (Lipinski definition) is 0. The Hall–Kier alpha value is -1.21. The van der Waals surface area contributed by atoms with Crippen molar-refractivity contribution < 1.29 is 9.53 Å². The van der Waals surface area contributed by atoms with Crippen LogP contribution in [0.3, 0.4) is 0 Å². The number of likely N-dealkylation sites (tertiary alicyclic amines) is 1. The van der Waals surface area contributed by atoms with E-state index in [9.17, 15) is 4.79 Å². The van der Waals surface area contributed by atoms with Gasteiger partial charge >= 0.3 is 6.09 Å². The average molecular weight is 312 g/mol. The summed E-state index contributed by atoms with van der Waals surface area (Å²) < 4.78 is 5.28. The molecule has 1 amide bonds. The Balaban J connectivity index is 1.81. The first-order valence-corrected chi connectivity index (χ1v) is 8.12. The Morgan fingerprint density at radius 3 is 2.52 bits per heavy atom. The second kappa shape index (κ2) is 6.70. The van der Waals surface area contributed by atoms with Crippen LogP contribution in [0.15, 0.2) is 0 Å². The van der Waals surface area contributed by atoms with Crippen molar-refractivity contribution in [1.82, 2.24) is 20.0 Å². The predicted molar refractivity (Wildman–Crippen MR) is 82.1 cm³/mol. The third kappa shape index (κ3) is 4.64. The molecule has 0 bridgehead atoms. The molecule has 0 spiro atoms. The fourth-order valence-electron chi connectivity index (χ4n) is 2.04. The SMILES string of the molecule is CN(C(=O)OCc1nnc(CN2CCCC2)s1)C(C)(C)C. The van der Waals surface area contributed by atoms with Gasteiger partial charge in [0.05, 0.1) is 6.54 Å². The molecule has 1 fully saturated rings. The standard InChI is InChI=1S/C14H24N4O2S/c1-14(2,3)17(4)13(19)20-10-12-16-15-11(21-12)9-18-7-5-6-8-18/h5-10H2,1-4H3. The first-order valence-electron chi connectivity index (χ1n) is 7.30. The lowest BCUT2D eigenvalue weighted by atomic mass is 10.1. The van der Waals surface area contributed by atoms with Gasteiger partial charge in [0.15, 0.2) is 5.01 Å². The number of aromatic nitrogens is 2. The molecular weight excluding hydrogens is 288 g/mol. The summed E-state index contributed by atoms with van der Waals surface area (Å²) in [5, 5.41) is 10.0. The van der Waals surface area contributed by atoms with Crippen molar-refractivity contribution in [2.45, 2.75) is 52.3 Å². The number of rotatable bonds is 4. The first-order chi connectivity index (χ1) is 9.86. The molecule has 1 aliphatic heterocycles. The highest BCUT2D eigenvalue weighted by Crippen LogP contribution is 2.17. The van der Waals surface area contributed by atoms with Crippen LogP contribution in [-0.2, 0) is 17.9 Å². The van der Waals surface area contributed by atoms with Crippen LogP contribution < -0.4 is 0 Å². The summed E-state index contributed by atoms with van der Waals surface area (Å²) in [6, 6.07) is 0. The fraction of sp³-hybridized carbons (Fsp3) is 0.786. The van der Waals surface area contributed by atoms with E-state index < -0.39 is 0 Å². The molecular formula is C14H24N4O2S. The van der Waals surface area contributed by atoms with Gasteiger partial charge in [-0.25, -0.2) is 4.79 Å². The van der Waals surface area contributed by atoms with Crippen LogP contribution >= 0.6 is 11.3 Å². The Bertz CT molecular complexity index is 478. The lowest BCUT2D eigenvalue weighted by molar-refractivity contribution is 0.0757. The van der Waals surface area contributed by atoms with Gasteiger partial charge in [-0.2, -0.15) is 0 Å². The molecule has 0 radical (unpaired) electrons. The molecule has 1 aliphatic rings. The third-order valence-corrected chi connectivity index (χ3v) is 4.55. The predicted octanol–water partition coefficient (Wildman–Crippen LogP) is 2.50. The van der Waals surface area contributed by atoms with Crippen LogP contribution in [0.1, 0.15) is 43.6 Å². The van der Waals surface area contributed by atoms with Gasteiger partial charge in [-0.3, -0.25) is 4.90 Å². The van der Waals surface area contributed by atoms with E-state index in [1.807, 2.05) is 20.8 Å². The lowest BCUT2D eigenvalue weighted by Gasteiger charge is -2.30. The largest absolute Gasteiger partial charge is 0.442 e. The molecule has 118 valence electrons. The zero-order valence-corrected chi connectivity index (χ0v) is 14.1. The second-order valence-electron chi connectivity index (χ2n) is 6.36. The Morgan fingerprint density at radius 1 is 1.29 bits per heavy atom. The summed E-state index contributed by atoms with van der Waals surface area (Å²) in [4.78, 5) is 15.9. The number of nitrogens with zero attached hydrogens (tertiary/aromatic N) is 4. The van der Waals surface area contributed by atoms with Crippen LogP contribution in [0.2, 0.25) is 0 Å². The number of ether oxygens (including phenoxy) is 1. The van der Waals surface area contributed by atoms with Crippen molar-refractivity contribution >= 4 is 17.4 Å². The molecule has 7 heteroatoms. The lowest BCUT2D eigenvalue weighted by Crippen LogP contribution is -2.42. The van der Waals surface area contributed by atoms with Gasteiger partial charge in [-0.05, 0) is 46.7 Å². The molecule has 2 rings (SSSR count). The van der Waals surface area contributed by atoms with E-state index in [1.54, 1.807) is 11.9 Å². The third-order valence-electron chi connectivity index (χ3n) is 3.67. The molecule has 0 aliphatic carbocycles. The molecule has 2 heterocycles. The summed E-state index contributed by atoms with van der Waals surface area (Å²) in [5.74, 6) is 0. The molecule has 0 saturated carbocycles. The van der Waals surface area contributed by atoms with Crippen molar-refractivity contribution in [3.05, 3.63) is 10.0 Å². The highest BCUT2D eigenvalue weighted by molar-refractivity contribution is 7.11. The Morgan fingerprint density at radius 2 is 1.90 bits per heavy atom. The summed E-state index contributed by atoms with van der Waals surface area (Å²) in [6.45, 7) is 9.22. The summed E-state index contributed by atoms with van der Waals surface area (Å²) in [6.07, 6.45) is 2.20. The zero-order chi connectivity index (χ0) is 15.5. The highest BCUT2D eigenvalue weighted by atomic mass is 32.1. The fourth-order valence-corrected chi connectivity index (χ4v) is 2.84. The molecule has 0 unspecified atom stereocenters.